The van der Waals surface area contributed by atoms with Crippen LogP contribution in [0.25, 0.3) is 0 Å². The Kier molecular flexibility index (Phi) is 9.22. The maximum absolute atomic E-state index is 12.1. The number of nitrogens with two attached hydrogens (primary N) is 1. The van der Waals surface area contributed by atoms with Crippen LogP contribution in [0.5, 0.6) is 0 Å². The lowest BCUT2D eigenvalue weighted by Gasteiger charge is -2.23. The maximum Gasteiger partial charge on any atom is 0.328 e. The molecule has 0 aliphatic carbocycles. The minimum atomic E-state index is -1.59. The van der Waals surface area contributed by atoms with Gasteiger partial charge in [0.1, 0.15) is 6.04 Å². The summed E-state index contributed by atoms with van der Waals surface area (Å²) in [6.45, 7) is 1.17. The van der Waals surface area contributed by atoms with Gasteiger partial charge in [0, 0.05) is 12.2 Å². The van der Waals surface area contributed by atoms with Crippen molar-refractivity contribution in [3.8, 4) is 0 Å². The van der Waals surface area contributed by atoms with E-state index in [2.05, 4.69) is 17.9 Å². The maximum atomic E-state index is 12.1. The Hall–Kier alpha value is -1.85. The summed E-state index contributed by atoms with van der Waals surface area (Å²) in [6, 6.07) is -3.90. The van der Waals surface area contributed by atoms with Crippen LogP contribution >= 0.6 is 12.6 Å². The van der Waals surface area contributed by atoms with Crippen molar-refractivity contribution in [2.75, 3.05) is 5.75 Å². The summed E-state index contributed by atoms with van der Waals surface area (Å²) >= 11 is 3.83. The summed E-state index contributed by atoms with van der Waals surface area (Å²) in [5.74, 6) is -4.32. The molecular weight excluding hydrogens is 330 g/mol. The number of amides is 2. The molecule has 0 bridgehead atoms. The molecule has 0 spiro atoms. The zero-order chi connectivity index (χ0) is 18.2. The van der Waals surface area contributed by atoms with E-state index < -0.39 is 54.4 Å². The van der Waals surface area contributed by atoms with Gasteiger partial charge in [-0.1, -0.05) is 0 Å². The molecule has 0 aliphatic heterocycles. The number of aliphatic hydroxyl groups is 1. The monoisotopic (exact) mass is 351 g/mol. The number of carboxylic acid groups (broad SMARTS) is 2. The van der Waals surface area contributed by atoms with E-state index >= 15 is 0 Å². The van der Waals surface area contributed by atoms with Gasteiger partial charge in [-0.2, -0.15) is 12.6 Å². The van der Waals surface area contributed by atoms with Gasteiger partial charge >= 0.3 is 11.9 Å². The van der Waals surface area contributed by atoms with Crippen LogP contribution < -0.4 is 16.4 Å². The van der Waals surface area contributed by atoms with Crippen molar-refractivity contribution < 1.29 is 34.5 Å². The minimum absolute atomic E-state index is 0.00449. The average molecular weight is 351 g/mol. The van der Waals surface area contributed by atoms with Crippen LogP contribution in [0.4, 0.5) is 0 Å². The molecule has 0 aromatic rings. The first-order valence-corrected chi connectivity index (χ1v) is 7.33. The molecule has 2 amide bonds. The summed E-state index contributed by atoms with van der Waals surface area (Å²) in [5, 5.41) is 31.2. The van der Waals surface area contributed by atoms with E-state index in [1.807, 2.05) is 5.32 Å². The Bertz CT molecular complexity index is 458. The fourth-order valence-electron chi connectivity index (χ4n) is 1.54. The van der Waals surface area contributed by atoms with Gasteiger partial charge in [0.05, 0.1) is 12.1 Å². The number of hydrogen-bond donors (Lipinski definition) is 7. The Labute approximate surface area is 137 Å². The van der Waals surface area contributed by atoms with Crippen LogP contribution in [0.1, 0.15) is 19.8 Å². The number of aliphatic carboxylic acids is 2. The fraction of sp³-hybridized carbons (Fsp3) is 0.667. The topological polar surface area (TPSA) is 179 Å². The third kappa shape index (κ3) is 7.81. The van der Waals surface area contributed by atoms with Crippen molar-refractivity contribution in [2.24, 2.45) is 5.73 Å². The van der Waals surface area contributed by atoms with Gasteiger partial charge < -0.3 is 31.7 Å². The Morgan fingerprint density at radius 3 is 2.09 bits per heavy atom. The van der Waals surface area contributed by atoms with Crippen molar-refractivity contribution >= 4 is 36.4 Å². The predicted molar refractivity (Wildman–Crippen MR) is 81.9 cm³/mol. The molecule has 0 saturated carbocycles. The highest BCUT2D eigenvalue weighted by atomic mass is 32.1. The van der Waals surface area contributed by atoms with Gasteiger partial charge in [0.2, 0.25) is 11.8 Å². The largest absolute Gasteiger partial charge is 0.481 e. The van der Waals surface area contributed by atoms with Crippen LogP contribution in [-0.4, -0.2) is 69.1 Å². The van der Waals surface area contributed by atoms with Crippen molar-refractivity contribution in [1.82, 2.24) is 10.6 Å². The number of carboxylic acids is 2. The lowest BCUT2D eigenvalue weighted by molar-refractivity contribution is -0.145. The van der Waals surface area contributed by atoms with Crippen LogP contribution in [-0.2, 0) is 19.2 Å². The van der Waals surface area contributed by atoms with Crippen LogP contribution in [0.15, 0.2) is 0 Å². The first-order valence-electron chi connectivity index (χ1n) is 6.70. The lowest BCUT2D eigenvalue weighted by Crippen LogP contribution is -2.56. The normalized spacial score (nSPS) is 15.8. The molecule has 0 aromatic heterocycles. The van der Waals surface area contributed by atoms with Crippen LogP contribution in [0.3, 0.4) is 0 Å². The third-order valence-corrected chi connectivity index (χ3v) is 3.25. The number of carbonyl (C=O) groups is 4. The van der Waals surface area contributed by atoms with E-state index in [1.54, 1.807) is 0 Å². The second-order valence-corrected chi connectivity index (χ2v) is 5.21. The van der Waals surface area contributed by atoms with Gasteiger partial charge in [-0.15, -0.1) is 0 Å². The standard InChI is InChI=1S/C12H21N3O7S/c1-5(16)9(12(21)22)15-11(20)7(2-3-8(17)18)14-10(19)6(13)4-23/h5-7,9,16,23H,2-4,13H2,1H3,(H,14,19)(H,15,20)(H,17,18)(H,21,22). The number of carbonyl (C=O) groups excluding carboxylic acids is 2. The molecule has 0 heterocycles. The summed E-state index contributed by atoms with van der Waals surface area (Å²) < 4.78 is 0. The zero-order valence-corrected chi connectivity index (χ0v) is 13.3. The van der Waals surface area contributed by atoms with E-state index in [1.165, 1.54) is 6.92 Å². The van der Waals surface area contributed by atoms with E-state index in [0.717, 1.165) is 0 Å². The number of rotatable bonds is 10. The number of nitrogens with one attached hydrogen (secondary N) is 2. The van der Waals surface area contributed by atoms with Crippen molar-refractivity contribution in [3.63, 3.8) is 0 Å². The van der Waals surface area contributed by atoms with Gasteiger partial charge in [0.25, 0.3) is 0 Å². The molecule has 0 rings (SSSR count). The first kappa shape index (κ1) is 21.1. The predicted octanol–water partition coefficient (Wildman–Crippen LogP) is -2.46. The molecule has 10 nitrogen and oxygen atoms in total. The molecule has 0 saturated heterocycles. The quantitative estimate of drug-likeness (QED) is 0.212. The third-order valence-electron chi connectivity index (χ3n) is 2.86. The highest BCUT2D eigenvalue weighted by molar-refractivity contribution is 7.80. The number of hydrogen-bond acceptors (Lipinski definition) is 7. The first-order chi connectivity index (χ1) is 10.6. The average Bonchev–Trinajstić information content (AvgIpc) is 2.46. The van der Waals surface area contributed by atoms with E-state index in [9.17, 15) is 24.3 Å². The van der Waals surface area contributed by atoms with E-state index in [-0.39, 0.29) is 12.2 Å². The lowest BCUT2D eigenvalue weighted by atomic mass is 10.1. The minimum Gasteiger partial charge on any atom is -0.481 e. The van der Waals surface area contributed by atoms with Crippen LogP contribution in [0.2, 0.25) is 0 Å². The van der Waals surface area contributed by atoms with E-state index in [0.29, 0.717) is 0 Å². The number of thiol groups is 1. The molecule has 0 aromatic carbocycles. The molecule has 7 N–H and O–H groups in total. The molecule has 11 heteroatoms. The summed E-state index contributed by atoms with van der Waals surface area (Å²) in [7, 11) is 0. The number of aliphatic hydroxyl groups excluding tert-OH is 1. The van der Waals surface area contributed by atoms with Gasteiger partial charge in [-0.05, 0) is 13.3 Å². The summed E-state index contributed by atoms with van der Waals surface area (Å²) in [4.78, 5) is 45.4. The highest BCUT2D eigenvalue weighted by Gasteiger charge is 2.30. The molecule has 132 valence electrons. The molecule has 0 radical (unpaired) electrons. The second kappa shape index (κ2) is 10.0. The second-order valence-electron chi connectivity index (χ2n) is 4.85. The molecule has 4 atom stereocenters. The van der Waals surface area contributed by atoms with Gasteiger partial charge in [-0.3, -0.25) is 14.4 Å². The molecule has 4 unspecified atom stereocenters. The van der Waals surface area contributed by atoms with E-state index in [4.69, 9.17) is 15.9 Å². The summed E-state index contributed by atoms with van der Waals surface area (Å²) in [5.41, 5.74) is 5.45. The Morgan fingerprint density at radius 2 is 1.70 bits per heavy atom. The molecular formula is C12H21N3O7S. The van der Waals surface area contributed by atoms with Crippen LogP contribution in [0, 0.1) is 0 Å². The van der Waals surface area contributed by atoms with Crippen molar-refractivity contribution in [1.29, 1.82) is 0 Å². The van der Waals surface area contributed by atoms with Gasteiger partial charge in [0.15, 0.2) is 6.04 Å². The highest BCUT2D eigenvalue weighted by Crippen LogP contribution is 2.02. The Morgan fingerprint density at radius 1 is 1.13 bits per heavy atom. The Balaban J connectivity index is 5.02. The zero-order valence-electron chi connectivity index (χ0n) is 12.4. The molecule has 0 fully saturated rings. The van der Waals surface area contributed by atoms with Gasteiger partial charge in [-0.25, -0.2) is 4.79 Å². The fourth-order valence-corrected chi connectivity index (χ4v) is 1.71. The SMILES string of the molecule is CC(O)C(NC(=O)C(CCC(=O)O)NC(=O)C(N)CS)C(=O)O. The smallest absolute Gasteiger partial charge is 0.328 e. The van der Waals surface area contributed by atoms with Crippen molar-refractivity contribution in [3.05, 3.63) is 0 Å². The molecule has 23 heavy (non-hydrogen) atoms. The molecule has 0 aliphatic rings. The van der Waals surface area contributed by atoms with Crippen molar-refractivity contribution in [2.45, 2.75) is 44.0 Å². The summed E-state index contributed by atoms with van der Waals surface area (Å²) in [6.07, 6.45) is -2.08.